The van der Waals surface area contributed by atoms with Crippen LogP contribution in [0.5, 0.6) is 5.75 Å². The van der Waals surface area contributed by atoms with Crippen molar-refractivity contribution in [2.75, 3.05) is 32.8 Å². The fourth-order valence-corrected chi connectivity index (χ4v) is 3.61. The van der Waals surface area contributed by atoms with Crippen molar-refractivity contribution in [3.05, 3.63) is 65.2 Å². The summed E-state index contributed by atoms with van der Waals surface area (Å²) in [5.74, 6) is 0.950. The number of piperazine rings is 1. The Hall–Kier alpha value is -2.82. The number of benzene rings is 2. The molecule has 5 nitrogen and oxygen atoms in total. The summed E-state index contributed by atoms with van der Waals surface area (Å²) in [7, 11) is 0. The van der Waals surface area contributed by atoms with Crippen LogP contribution in [0.2, 0.25) is 0 Å². The Morgan fingerprint density at radius 2 is 1.43 bits per heavy atom. The SMILES string of the molecule is CCOc1ccc(CC(=O)N2CCN(C(=O)c3ccc(C(C)(C)C)cc3)CC2)cc1. The number of nitrogens with zero attached hydrogens (tertiary/aromatic N) is 2. The first-order valence-corrected chi connectivity index (χ1v) is 10.7. The van der Waals surface area contributed by atoms with Crippen molar-refractivity contribution in [1.29, 1.82) is 0 Å². The number of amides is 2. The number of carbonyl (C=O) groups excluding carboxylic acids is 2. The summed E-state index contributed by atoms with van der Waals surface area (Å²) in [6.45, 7) is 11.3. The Kier molecular flexibility index (Phi) is 6.80. The Morgan fingerprint density at radius 3 is 1.97 bits per heavy atom. The third-order valence-electron chi connectivity index (χ3n) is 5.51. The maximum absolute atomic E-state index is 12.8. The van der Waals surface area contributed by atoms with Gasteiger partial charge in [-0.25, -0.2) is 0 Å². The minimum Gasteiger partial charge on any atom is -0.494 e. The van der Waals surface area contributed by atoms with Gasteiger partial charge in [0.1, 0.15) is 5.75 Å². The highest BCUT2D eigenvalue weighted by Crippen LogP contribution is 2.23. The molecule has 1 saturated heterocycles. The van der Waals surface area contributed by atoms with Gasteiger partial charge in [0.25, 0.3) is 5.91 Å². The molecule has 0 saturated carbocycles. The second kappa shape index (κ2) is 9.33. The lowest BCUT2D eigenvalue weighted by atomic mass is 9.86. The quantitative estimate of drug-likeness (QED) is 0.754. The first-order valence-electron chi connectivity index (χ1n) is 10.7. The molecule has 0 N–H and O–H groups in total. The molecule has 160 valence electrons. The lowest BCUT2D eigenvalue weighted by Gasteiger charge is -2.35. The van der Waals surface area contributed by atoms with E-state index >= 15 is 0 Å². The van der Waals surface area contributed by atoms with Gasteiger partial charge < -0.3 is 14.5 Å². The van der Waals surface area contributed by atoms with Crippen LogP contribution in [-0.4, -0.2) is 54.4 Å². The molecule has 0 aromatic heterocycles. The zero-order valence-electron chi connectivity index (χ0n) is 18.5. The zero-order chi connectivity index (χ0) is 21.7. The van der Waals surface area contributed by atoms with Gasteiger partial charge in [-0.2, -0.15) is 0 Å². The minimum absolute atomic E-state index is 0.0362. The molecule has 1 fully saturated rings. The monoisotopic (exact) mass is 408 g/mol. The Balaban J connectivity index is 1.52. The third-order valence-corrected chi connectivity index (χ3v) is 5.51. The van der Waals surface area contributed by atoms with E-state index in [2.05, 4.69) is 20.8 Å². The predicted octanol–water partition coefficient (Wildman–Crippen LogP) is 3.91. The van der Waals surface area contributed by atoms with Gasteiger partial charge >= 0.3 is 0 Å². The molecule has 0 unspecified atom stereocenters. The highest BCUT2D eigenvalue weighted by molar-refractivity contribution is 5.94. The molecule has 0 bridgehead atoms. The molecule has 2 aromatic carbocycles. The molecule has 0 atom stereocenters. The van der Waals surface area contributed by atoms with Crippen LogP contribution in [0, 0.1) is 0 Å². The van der Waals surface area contributed by atoms with E-state index < -0.39 is 0 Å². The second-order valence-corrected chi connectivity index (χ2v) is 8.75. The van der Waals surface area contributed by atoms with Gasteiger partial charge in [0.15, 0.2) is 0 Å². The van der Waals surface area contributed by atoms with Crippen LogP contribution < -0.4 is 4.74 Å². The molecular weight excluding hydrogens is 376 g/mol. The van der Waals surface area contributed by atoms with Crippen molar-refractivity contribution in [2.45, 2.75) is 39.5 Å². The van der Waals surface area contributed by atoms with Crippen molar-refractivity contribution < 1.29 is 14.3 Å². The molecule has 1 heterocycles. The van der Waals surface area contributed by atoms with E-state index in [0.29, 0.717) is 44.8 Å². The van der Waals surface area contributed by atoms with E-state index in [1.807, 2.05) is 65.3 Å². The zero-order valence-corrected chi connectivity index (χ0v) is 18.5. The summed E-state index contributed by atoms with van der Waals surface area (Å²) in [5.41, 5.74) is 2.96. The number of hydrogen-bond acceptors (Lipinski definition) is 3. The summed E-state index contributed by atoms with van der Waals surface area (Å²) < 4.78 is 5.44. The fraction of sp³-hybridized carbons (Fsp3) is 0.440. The first-order chi connectivity index (χ1) is 14.3. The Morgan fingerprint density at radius 1 is 0.867 bits per heavy atom. The number of hydrogen-bond donors (Lipinski definition) is 0. The molecule has 5 heteroatoms. The van der Waals surface area contributed by atoms with E-state index in [9.17, 15) is 9.59 Å². The van der Waals surface area contributed by atoms with E-state index in [1.165, 1.54) is 5.56 Å². The largest absolute Gasteiger partial charge is 0.494 e. The van der Waals surface area contributed by atoms with Crippen molar-refractivity contribution in [3.63, 3.8) is 0 Å². The average Bonchev–Trinajstić information content (AvgIpc) is 2.74. The summed E-state index contributed by atoms with van der Waals surface area (Å²) >= 11 is 0. The molecule has 2 amide bonds. The molecule has 0 aliphatic carbocycles. The second-order valence-electron chi connectivity index (χ2n) is 8.75. The lowest BCUT2D eigenvalue weighted by molar-refractivity contribution is -0.131. The summed E-state index contributed by atoms with van der Waals surface area (Å²) in [6, 6.07) is 15.5. The van der Waals surface area contributed by atoms with Crippen LogP contribution in [0.1, 0.15) is 49.2 Å². The molecule has 0 radical (unpaired) electrons. The Labute approximate surface area is 179 Å². The van der Waals surface area contributed by atoms with Crippen LogP contribution in [0.3, 0.4) is 0 Å². The molecule has 1 aliphatic rings. The highest BCUT2D eigenvalue weighted by atomic mass is 16.5. The van der Waals surface area contributed by atoms with Crippen LogP contribution in [-0.2, 0) is 16.6 Å². The van der Waals surface area contributed by atoms with Gasteiger partial charge in [0.05, 0.1) is 13.0 Å². The first kappa shape index (κ1) is 21.9. The van der Waals surface area contributed by atoms with Crippen LogP contribution >= 0.6 is 0 Å². The maximum atomic E-state index is 12.8. The third kappa shape index (κ3) is 5.41. The smallest absolute Gasteiger partial charge is 0.253 e. The van der Waals surface area contributed by atoms with Gasteiger partial charge in [-0.3, -0.25) is 9.59 Å². The molecule has 30 heavy (non-hydrogen) atoms. The summed E-state index contributed by atoms with van der Waals surface area (Å²) in [6.07, 6.45) is 0.370. The van der Waals surface area contributed by atoms with Gasteiger partial charge in [-0.05, 0) is 47.7 Å². The topological polar surface area (TPSA) is 49.9 Å². The lowest BCUT2D eigenvalue weighted by Crippen LogP contribution is -2.51. The van der Waals surface area contributed by atoms with Gasteiger partial charge in [-0.1, -0.05) is 45.0 Å². The van der Waals surface area contributed by atoms with Gasteiger partial charge in [-0.15, -0.1) is 0 Å². The molecular formula is C25H32N2O3. The minimum atomic E-state index is 0.0362. The maximum Gasteiger partial charge on any atom is 0.253 e. The highest BCUT2D eigenvalue weighted by Gasteiger charge is 2.25. The van der Waals surface area contributed by atoms with Crippen molar-refractivity contribution in [1.82, 2.24) is 9.80 Å². The Bertz CT molecular complexity index is 859. The fourth-order valence-electron chi connectivity index (χ4n) is 3.61. The van der Waals surface area contributed by atoms with E-state index in [4.69, 9.17) is 4.74 Å². The van der Waals surface area contributed by atoms with Gasteiger partial charge in [0, 0.05) is 31.7 Å². The predicted molar refractivity (Wildman–Crippen MR) is 119 cm³/mol. The van der Waals surface area contributed by atoms with E-state index in [-0.39, 0.29) is 17.2 Å². The molecule has 3 rings (SSSR count). The number of ether oxygens (including phenoxy) is 1. The van der Waals surface area contributed by atoms with Crippen molar-refractivity contribution >= 4 is 11.8 Å². The number of carbonyl (C=O) groups is 2. The van der Waals surface area contributed by atoms with Gasteiger partial charge in [0.2, 0.25) is 5.91 Å². The van der Waals surface area contributed by atoms with Crippen molar-refractivity contribution in [2.24, 2.45) is 0 Å². The van der Waals surface area contributed by atoms with Crippen molar-refractivity contribution in [3.8, 4) is 5.75 Å². The standard InChI is InChI=1S/C25H32N2O3/c1-5-30-22-12-6-19(7-13-22)18-23(28)26-14-16-27(17-15-26)24(29)20-8-10-21(11-9-20)25(2,3)4/h6-13H,5,14-18H2,1-4H3. The normalized spacial score (nSPS) is 14.5. The van der Waals surface area contributed by atoms with E-state index in [0.717, 1.165) is 11.3 Å². The number of rotatable bonds is 5. The summed E-state index contributed by atoms with van der Waals surface area (Å²) in [5, 5.41) is 0. The molecule has 1 aliphatic heterocycles. The van der Waals surface area contributed by atoms with Crippen LogP contribution in [0.15, 0.2) is 48.5 Å². The molecule has 2 aromatic rings. The van der Waals surface area contributed by atoms with E-state index in [1.54, 1.807) is 0 Å². The van der Waals surface area contributed by atoms with Crippen LogP contribution in [0.4, 0.5) is 0 Å². The molecule has 0 spiro atoms. The van der Waals surface area contributed by atoms with Crippen LogP contribution in [0.25, 0.3) is 0 Å². The average molecular weight is 409 g/mol. The summed E-state index contributed by atoms with van der Waals surface area (Å²) in [4.78, 5) is 29.2.